The maximum atomic E-state index is 13.3. The average molecular weight is 348 g/mol. The summed E-state index contributed by atoms with van der Waals surface area (Å²) in [7, 11) is 0. The largest absolute Gasteiger partial charge is 0.343 e. The molecule has 1 N–H and O–H groups in total. The summed E-state index contributed by atoms with van der Waals surface area (Å²) in [6.07, 6.45) is 4.33. The second kappa shape index (κ2) is 5.80. The number of hydrogen-bond acceptors (Lipinski definition) is 3. The van der Waals surface area contributed by atoms with Gasteiger partial charge in [-0.1, -0.05) is 51.1 Å². The maximum Gasteiger partial charge on any atom is 0.162 e. The van der Waals surface area contributed by atoms with E-state index >= 15 is 0 Å². The van der Waals surface area contributed by atoms with Gasteiger partial charge in [-0.25, -0.2) is 4.98 Å². The molecular formula is C23H28N2O. The molecule has 0 fully saturated rings. The number of Topliss-reactive ketones (excluding diaryl/α,β-unsaturated/α-hetero) is 1. The third-order valence-electron chi connectivity index (χ3n) is 5.89. The van der Waals surface area contributed by atoms with Crippen LogP contribution in [0.15, 0.2) is 53.9 Å². The molecule has 2 aromatic rings. The first kappa shape index (κ1) is 17.0. The highest BCUT2D eigenvalue weighted by Crippen LogP contribution is 2.52. The van der Waals surface area contributed by atoms with Crippen LogP contribution >= 0.6 is 0 Å². The van der Waals surface area contributed by atoms with Crippen molar-refractivity contribution in [2.75, 3.05) is 5.32 Å². The van der Waals surface area contributed by atoms with E-state index < -0.39 is 5.41 Å². The highest BCUT2D eigenvalue weighted by atomic mass is 16.1. The molecular weight excluding hydrogens is 320 g/mol. The van der Waals surface area contributed by atoms with Gasteiger partial charge in [0.15, 0.2) is 5.78 Å². The zero-order valence-electron chi connectivity index (χ0n) is 16.0. The van der Waals surface area contributed by atoms with E-state index in [1.807, 2.05) is 12.3 Å². The Kier molecular flexibility index (Phi) is 3.80. The molecule has 0 saturated heterocycles. The summed E-state index contributed by atoms with van der Waals surface area (Å²) < 4.78 is 0. The van der Waals surface area contributed by atoms with Crippen molar-refractivity contribution in [1.82, 2.24) is 4.98 Å². The number of pyridine rings is 1. The van der Waals surface area contributed by atoms with Crippen LogP contribution in [0.3, 0.4) is 0 Å². The van der Waals surface area contributed by atoms with Crippen molar-refractivity contribution < 1.29 is 6.22 Å². The van der Waals surface area contributed by atoms with Gasteiger partial charge in [-0.2, -0.15) is 0 Å². The number of benzene rings is 1. The van der Waals surface area contributed by atoms with Crippen molar-refractivity contribution in [1.29, 1.82) is 0 Å². The SMILES string of the molecule is CCc1cnc2c(c1)[C@](C)(c1ccccc1)C1=C(CC(C)(C)CC1=O)N2.[HH]. The maximum absolute atomic E-state index is 13.3. The fourth-order valence-electron chi connectivity index (χ4n) is 4.54. The average Bonchev–Trinajstić information content (AvgIpc) is 2.60. The molecule has 0 amide bonds. The minimum Gasteiger partial charge on any atom is -0.343 e. The molecule has 3 heteroatoms. The standard InChI is InChI=1S/C23H26N2O.H2/c1-5-15-11-17-21(24-14-15)25-18-12-22(2,3)13-19(26)20(18)23(17,4)16-9-7-6-8-10-16;/h6-11,14H,5,12-13H2,1-4H3,(H,24,25);1H/t23-;/m0./s1. The van der Waals surface area contributed by atoms with Gasteiger partial charge in [0.1, 0.15) is 5.82 Å². The first-order valence-electron chi connectivity index (χ1n) is 9.44. The summed E-state index contributed by atoms with van der Waals surface area (Å²) in [6, 6.07) is 12.6. The van der Waals surface area contributed by atoms with E-state index in [2.05, 4.69) is 63.3 Å². The van der Waals surface area contributed by atoms with Crippen molar-refractivity contribution in [2.24, 2.45) is 5.41 Å². The molecule has 0 spiro atoms. The molecule has 0 saturated carbocycles. The Bertz CT molecular complexity index is 917. The Morgan fingerprint density at radius 2 is 1.88 bits per heavy atom. The van der Waals surface area contributed by atoms with Crippen molar-refractivity contribution >= 4 is 11.6 Å². The predicted octanol–water partition coefficient (Wildman–Crippen LogP) is 5.26. The van der Waals surface area contributed by atoms with Gasteiger partial charge >= 0.3 is 0 Å². The van der Waals surface area contributed by atoms with Crippen LogP contribution < -0.4 is 5.32 Å². The molecule has 0 radical (unpaired) electrons. The molecule has 1 aromatic carbocycles. The number of allylic oxidation sites excluding steroid dienone is 2. The molecule has 4 rings (SSSR count). The molecule has 1 aliphatic carbocycles. The lowest BCUT2D eigenvalue weighted by Gasteiger charge is -2.44. The normalized spacial score (nSPS) is 23.9. The Balaban J connectivity index is 0.00000210. The predicted molar refractivity (Wildman–Crippen MR) is 107 cm³/mol. The highest BCUT2D eigenvalue weighted by molar-refractivity contribution is 6.02. The van der Waals surface area contributed by atoms with E-state index in [4.69, 9.17) is 4.98 Å². The van der Waals surface area contributed by atoms with Crippen LogP contribution in [0, 0.1) is 5.41 Å². The van der Waals surface area contributed by atoms with Crippen LogP contribution in [-0.4, -0.2) is 10.8 Å². The number of fused-ring (bicyclic) bond motifs is 1. The number of hydrogen-bond donors (Lipinski definition) is 1. The smallest absolute Gasteiger partial charge is 0.162 e. The first-order chi connectivity index (χ1) is 12.3. The second-order valence-corrected chi connectivity index (χ2v) is 8.50. The minimum absolute atomic E-state index is 0. The summed E-state index contributed by atoms with van der Waals surface area (Å²) in [5.74, 6) is 1.14. The van der Waals surface area contributed by atoms with Gasteiger partial charge in [0, 0.05) is 30.9 Å². The topological polar surface area (TPSA) is 42.0 Å². The molecule has 26 heavy (non-hydrogen) atoms. The van der Waals surface area contributed by atoms with Crippen LogP contribution in [0.25, 0.3) is 0 Å². The Morgan fingerprint density at radius 3 is 2.58 bits per heavy atom. The van der Waals surface area contributed by atoms with E-state index in [9.17, 15) is 4.79 Å². The van der Waals surface area contributed by atoms with E-state index in [1.165, 1.54) is 5.56 Å². The molecule has 2 heterocycles. The Morgan fingerprint density at radius 1 is 1.15 bits per heavy atom. The number of ketones is 1. The van der Waals surface area contributed by atoms with Crippen LogP contribution in [0.5, 0.6) is 0 Å². The number of nitrogens with one attached hydrogen (secondary N) is 1. The molecule has 0 bridgehead atoms. The molecule has 0 unspecified atom stereocenters. The van der Waals surface area contributed by atoms with Gasteiger partial charge in [-0.05, 0) is 42.4 Å². The molecule has 3 nitrogen and oxygen atoms in total. The lowest BCUT2D eigenvalue weighted by molar-refractivity contribution is -0.118. The van der Waals surface area contributed by atoms with E-state index in [0.717, 1.165) is 41.1 Å². The van der Waals surface area contributed by atoms with Gasteiger partial charge in [-0.15, -0.1) is 0 Å². The summed E-state index contributed by atoms with van der Waals surface area (Å²) in [6.45, 7) is 8.66. The van der Waals surface area contributed by atoms with Crippen molar-refractivity contribution in [3.63, 3.8) is 0 Å². The summed E-state index contributed by atoms with van der Waals surface area (Å²) in [4.78, 5) is 18.0. The van der Waals surface area contributed by atoms with Crippen molar-refractivity contribution in [3.8, 4) is 0 Å². The number of nitrogens with zero attached hydrogens (tertiary/aromatic N) is 1. The molecule has 1 aromatic heterocycles. The van der Waals surface area contributed by atoms with E-state index in [1.54, 1.807) is 0 Å². The molecule has 1 atom stereocenters. The van der Waals surface area contributed by atoms with Gasteiger partial charge < -0.3 is 5.32 Å². The van der Waals surface area contributed by atoms with Gasteiger partial charge in [0.2, 0.25) is 0 Å². The van der Waals surface area contributed by atoms with E-state index in [-0.39, 0.29) is 12.6 Å². The first-order valence-corrected chi connectivity index (χ1v) is 9.44. The number of rotatable bonds is 2. The fourth-order valence-corrected chi connectivity index (χ4v) is 4.54. The molecule has 1 aliphatic heterocycles. The summed E-state index contributed by atoms with van der Waals surface area (Å²) in [5.41, 5.74) is 4.92. The Labute approximate surface area is 157 Å². The highest BCUT2D eigenvalue weighted by Gasteiger charge is 2.47. The zero-order chi connectivity index (χ0) is 18.5. The fraction of sp³-hybridized carbons (Fsp3) is 0.391. The van der Waals surface area contributed by atoms with E-state index in [0.29, 0.717) is 6.42 Å². The number of carbonyl (C=O) groups excluding carboxylic acids is 1. The van der Waals surface area contributed by atoms with Gasteiger partial charge in [0.25, 0.3) is 0 Å². The Hall–Kier alpha value is -2.42. The second-order valence-electron chi connectivity index (χ2n) is 8.50. The van der Waals surface area contributed by atoms with Gasteiger partial charge in [-0.3, -0.25) is 4.79 Å². The lowest BCUT2D eigenvalue weighted by atomic mass is 9.62. The van der Waals surface area contributed by atoms with Crippen LogP contribution in [0.2, 0.25) is 0 Å². The third-order valence-corrected chi connectivity index (χ3v) is 5.89. The monoisotopic (exact) mass is 348 g/mol. The number of aryl methyl sites for hydroxylation is 1. The van der Waals surface area contributed by atoms with Crippen molar-refractivity contribution in [2.45, 2.75) is 52.4 Å². The molecule has 2 aliphatic rings. The number of anilines is 1. The van der Waals surface area contributed by atoms with Gasteiger partial charge in [0.05, 0.1) is 5.41 Å². The third kappa shape index (κ3) is 2.49. The zero-order valence-corrected chi connectivity index (χ0v) is 16.0. The minimum atomic E-state index is -0.469. The van der Waals surface area contributed by atoms with Crippen LogP contribution in [-0.2, 0) is 16.6 Å². The summed E-state index contributed by atoms with van der Waals surface area (Å²) >= 11 is 0. The number of aromatic nitrogens is 1. The van der Waals surface area contributed by atoms with Crippen LogP contribution in [0.4, 0.5) is 5.82 Å². The quantitative estimate of drug-likeness (QED) is 0.804. The summed E-state index contributed by atoms with van der Waals surface area (Å²) in [5, 5.41) is 3.51. The number of carbonyl (C=O) groups is 1. The molecule has 136 valence electrons. The van der Waals surface area contributed by atoms with Crippen LogP contribution in [0.1, 0.15) is 58.7 Å². The lowest BCUT2D eigenvalue weighted by Crippen LogP contribution is -2.42. The van der Waals surface area contributed by atoms with Crippen molar-refractivity contribution in [3.05, 3.63) is 70.6 Å².